The van der Waals surface area contributed by atoms with Crippen LogP contribution in [0.15, 0.2) is 51.9 Å². The van der Waals surface area contributed by atoms with E-state index >= 15 is 0 Å². The number of nitrogens with zero attached hydrogens (tertiary/aromatic N) is 3. The molecule has 2 aromatic heterocycles. The van der Waals surface area contributed by atoms with Crippen molar-refractivity contribution in [1.82, 2.24) is 19.4 Å². The second-order valence-electron chi connectivity index (χ2n) is 10.9. The standard InChI is InChI=1S/C31H31BrN6O2/c1-5-18-12-20(8-11-24(18)32)29(39)37-16-27-23(14-28(37)19-6-7-19)30(40)38(31(36-27)35-17(2)3)21-9-10-22-25(13-21)34-15-26(22)33-4/h1,8-13,15,17,19,28,33-34H,6-7,14,16H2,2-4H3,(H,35,36). The number of halogens is 1. The predicted octanol–water partition coefficient (Wildman–Crippen LogP) is 5.30. The smallest absolute Gasteiger partial charge is 0.263 e. The summed E-state index contributed by atoms with van der Waals surface area (Å²) in [4.78, 5) is 38.2. The lowest BCUT2D eigenvalue weighted by atomic mass is 9.94. The summed E-state index contributed by atoms with van der Waals surface area (Å²) in [6.07, 6.45) is 10.1. The van der Waals surface area contributed by atoms with Crippen LogP contribution in [0.25, 0.3) is 16.6 Å². The summed E-state index contributed by atoms with van der Waals surface area (Å²) < 4.78 is 2.45. The molecule has 1 saturated carbocycles. The molecule has 4 aromatic rings. The molecule has 3 N–H and O–H groups in total. The van der Waals surface area contributed by atoms with Crippen molar-refractivity contribution in [2.45, 2.75) is 51.7 Å². The third-order valence-corrected chi connectivity index (χ3v) is 8.49. The maximum atomic E-state index is 14.2. The average molecular weight is 600 g/mol. The summed E-state index contributed by atoms with van der Waals surface area (Å²) in [5, 5.41) is 7.60. The van der Waals surface area contributed by atoms with E-state index in [1.807, 2.05) is 56.3 Å². The fourth-order valence-electron chi connectivity index (χ4n) is 5.65. The number of carbonyl (C=O) groups is 1. The summed E-state index contributed by atoms with van der Waals surface area (Å²) in [5.41, 5.74) is 5.06. The SMILES string of the molecule is C#Cc1cc(C(=O)N2Cc3nc(NC(C)C)n(-c4ccc5c(NC)c[nH]c5c4)c(=O)c3CC2C2CC2)ccc1Br. The fourth-order valence-corrected chi connectivity index (χ4v) is 6.01. The summed E-state index contributed by atoms with van der Waals surface area (Å²) in [7, 11) is 1.88. The Labute approximate surface area is 241 Å². The van der Waals surface area contributed by atoms with Crippen LogP contribution in [0, 0.1) is 18.3 Å². The molecule has 40 heavy (non-hydrogen) atoms. The number of aromatic nitrogens is 3. The summed E-state index contributed by atoms with van der Waals surface area (Å²) in [5.74, 6) is 3.39. The van der Waals surface area contributed by atoms with E-state index < -0.39 is 0 Å². The Morgan fingerprint density at radius 3 is 2.73 bits per heavy atom. The number of benzene rings is 2. The number of carbonyl (C=O) groups excluding carboxylic acids is 1. The van der Waals surface area contributed by atoms with Gasteiger partial charge in [0.2, 0.25) is 5.95 Å². The van der Waals surface area contributed by atoms with E-state index in [0.717, 1.165) is 39.6 Å². The molecule has 6 rings (SSSR count). The summed E-state index contributed by atoms with van der Waals surface area (Å²) in [6, 6.07) is 11.3. The highest BCUT2D eigenvalue weighted by molar-refractivity contribution is 9.10. The van der Waals surface area contributed by atoms with Crippen molar-refractivity contribution in [3.63, 3.8) is 0 Å². The summed E-state index contributed by atoms with van der Waals surface area (Å²) in [6.45, 7) is 4.30. The molecule has 0 spiro atoms. The Bertz CT molecular complexity index is 1740. The summed E-state index contributed by atoms with van der Waals surface area (Å²) >= 11 is 3.46. The number of hydrogen-bond acceptors (Lipinski definition) is 5. The van der Waals surface area contributed by atoms with Crippen LogP contribution in [0.1, 0.15) is 53.9 Å². The van der Waals surface area contributed by atoms with Crippen molar-refractivity contribution < 1.29 is 4.79 Å². The minimum atomic E-state index is -0.0936. The highest BCUT2D eigenvalue weighted by atomic mass is 79.9. The maximum Gasteiger partial charge on any atom is 0.263 e. The molecule has 1 amide bonds. The number of amides is 1. The fraction of sp³-hybridized carbons (Fsp3) is 0.323. The Hall–Kier alpha value is -4.03. The van der Waals surface area contributed by atoms with Gasteiger partial charge in [-0.3, -0.25) is 9.59 Å². The van der Waals surface area contributed by atoms with Gasteiger partial charge in [0.15, 0.2) is 0 Å². The number of hydrogen-bond donors (Lipinski definition) is 3. The number of fused-ring (bicyclic) bond motifs is 2. The monoisotopic (exact) mass is 598 g/mol. The van der Waals surface area contributed by atoms with E-state index in [1.54, 1.807) is 16.7 Å². The first-order valence-electron chi connectivity index (χ1n) is 13.6. The van der Waals surface area contributed by atoms with Gasteiger partial charge in [0.05, 0.1) is 23.6 Å². The molecule has 204 valence electrons. The lowest BCUT2D eigenvalue weighted by molar-refractivity contribution is 0.0607. The van der Waals surface area contributed by atoms with Crippen molar-refractivity contribution in [3.05, 3.63) is 79.8 Å². The topological polar surface area (TPSA) is 95.1 Å². The number of aromatic amines is 1. The predicted molar refractivity (Wildman–Crippen MR) is 162 cm³/mol. The maximum absolute atomic E-state index is 14.2. The number of H-pyrrole nitrogens is 1. The van der Waals surface area contributed by atoms with Gasteiger partial charge in [0, 0.05) is 63.8 Å². The average Bonchev–Trinajstić information content (AvgIpc) is 3.71. The van der Waals surface area contributed by atoms with Crippen molar-refractivity contribution in [2.24, 2.45) is 5.92 Å². The van der Waals surface area contributed by atoms with E-state index in [-0.39, 0.29) is 30.1 Å². The second-order valence-corrected chi connectivity index (χ2v) is 11.7. The lowest BCUT2D eigenvalue weighted by Crippen LogP contribution is -2.48. The van der Waals surface area contributed by atoms with Gasteiger partial charge >= 0.3 is 0 Å². The molecule has 1 atom stereocenters. The molecule has 2 aromatic carbocycles. The molecular weight excluding hydrogens is 568 g/mol. The van der Waals surface area contributed by atoms with E-state index in [2.05, 4.69) is 37.5 Å². The van der Waals surface area contributed by atoms with Crippen LogP contribution >= 0.6 is 15.9 Å². The molecule has 3 heterocycles. The first kappa shape index (κ1) is 26.2. The number of rotatable bonds is 6. The van der Waals surface area contributed by atoms with Gasteiger partial charge in [0.25, 0.3) is 11.5 Å². The first-order valence-corrected chi connectivity index (χ1v) is 14.4. The van der Waals surface area contributed by atoms with Crippen LogP contribution < -0.4 is 16.2 Å². The molecule has 0 saturated heterocycles. The van der Waals surface area contributed by atoms with Crippen LogP contribution in [0.4, 0.5) is 11.6 Å². The van der Waals surface area contributed by atoms with Crippen molar-refractivity contribution >= 4 is 44.4 Å². The first-order chi connectivity index (χ1) is 19.3. The molecule has 1 unspecified atom stereocenters. The zero-order chi connectivity index (χ0) is 28.1. The zero-order valence-corrected chi connectivity index (χ0v) is 24.3. The lowest BCUT2D eigenvalue weighted by Gasteiger charge is -2.37. The Kier molecular flexibility index (Phi) is 6.67. The molecule has 1 aliphatic heterocycles. The van der Waals surface area contributed by atoms with Crippen molar-refractivity contribution in [3.8, 4) is 18.0 Å². The second kappa shape index (κ2) is 10.2. The minimum Gasteiger partial charge on any atom is -0.386 e. The van der Waals surface area contributed by atoms with Crippen LogP contribution in [0.5, 0.6) is 0 Å². The number of terminal acetylenes is 1. The number of anilines is 2. The van der Waals surface area contributed by atoms with E-state index in [1.165, 1.54) is 0 Å². The van der Waals surface area contributed by atoms with Gasteiger partial charge in [-0.1, -0.05) is 5.92 Å². The molecular formula is C31H31BrN6O2. The third-order valence-electron chi connectivity index (χ3n) is 7.80. The van der Waals surface area contributed by atoms with E-state index in [9.17, 15) is 9.59 Å². The van der Waals surface area contributed by atoms with Crippen LogP contribution in [0.3, 0.4) is 0 Å². The Balaban J connectivity index is 1.45. The Morgan fingerprint density at radius 2 is 2.02 bits per heavy atom. The molecule has 0 bridgehead atoms. The largest absolute Gasteiger partial charge is 0.386 e. The minimum absolute atomic E-state index is 0.0480. The van der Waals surface area contributed by atoms with Gasteiger partial charge in [0.1, 0.15) is 0 Å². The quantitative estimate of drug-likeness (QED) is 0.262. The Morgan fingerprint density at radius 1 is 1.23 bits per heavy atom. The molecule has 0 radical (unpaired) electrons. The normalized spacial score (nSPS) is 16.6. The van der Waals surface area contributed by atoms with Gasteiger partial charge < -0.3 is 20.5 Å². The van der Waals surface area contributed by atoms with E-state index in [0.29, 0.717) is 40.7 Å². The zero-order valence-electron chi connectivity index (χ0n) is 22.7. The molecule has 1 fully saturated rings. The van der Waals surface area contributed by atoms with Crippen LogP contribution in [0.2, 0.25) is 0 Å². The highest BCUT2D eigenvalue weighted by Gasteiger charge is 2.42. The van der Waals surface area contributed by atoms with Gasteiger partial charge in [-0.2, -0.15) is 0 Å². The van der Waals surface area contributed by atoms with Crippen LogP contribution in [-0.2, 0) is 13.0 Å². The van der Waals surface area contributed by atoms with Gasteiger partial charge in [-0.05, 0) is 84.9 Å². The molecule has 9 heteroatoms. The molecule has 2 aliphatic rings. The third kappa shape index (κ3) is 4.56. The molecule has 1 aliphatic carbocycles. The van der Waals surface area contributed by atoms with Gasteiger partial charge in [-0.15, -0.1) is 6.42 Å². The highest BCUT2D eigenvalue weighted by Crippen LogP contribution is 2.40. The molecule has 8 nitrogen and oxygen atoms in total. The van der Waals surface area contributed by atoms with Crippen molar-refractivity contribution in [2.75, 3.05) is 17.7 Å². The van der Waals surface area contributed by atoms with Crippen molar-refractivity contribution in [1.29, 1.82) is 0 Å². The number of nitrogens with one attached hydrogen (secondary N) is 3. The van der Waals surface area contributed by atoms with Gasteiger partial charge in [-0.25, -0.2) is 9.55 Å². The van der Waals surface area contributed by atoms with Crippen LogP contribution in [-0.4, -0.2) is 44.5 Å². The van der Waals surface area contributed by atoms with E-state index in [4.69, 9.17) is 11.4 Å².